The predicted molar refractivity (Wildman–Crippen MR) is 102 cm³/mol. The summed E-state index contributed by atoms with van der Waals surface area (Å²) >= 11 is 0. The Morgan fingerprint density at radius 3 is 2.85 bits per heavy atom. The van der Waals surface area contributed by atoms with E-state index in [1.165, 1.54) is 31.3 Å². The van der Waals surface area contributed by atoms with E-state index in [9.17, 15) is 10.1 Å². The summed E-state index contributed by atoms with van der Waals surface area (Å²) < 4.78 is 0. The van der Waals surface area contributed by atoms with E-state index in [1.807, 2.05) is 0 Å². The van der Waals surface area contributed by atoms with Gasteiger partial charge in [-0.1, -0.05) is 11.6 Å². The van der Waals surface area contributed by atoms with Gasteiger partial charge in [0.05, 0.1) is 12.1 Å². The van der Waals surface area contributed by atoms with Crippen molar-refractivity contribution in [1.82, 2.24) is 15.2 Å². The van der Waals surface area contributed by atoms with Gasteiger partial charge in [0.15, 0.2) is 0 Å². The minimum atomic E-state index is 0.102. The van der Waals surface area contributed by atoms with Gasteiger partial charge in [-0.2, -0.15) is 5.26 Å². The Kier molecular flexibility index (Phi) is 6.62. The van der Waals surface area contributed by atoms with Crippen LogP contribution in [0, 0.1) is 11.3 Å². The molecular formula is C20H27N5O. The average molecular weight is 353 g/mol. The van der Waals surface area contributed by atoms with E-state index in [0.717, 1.165) is 45.0 Å². The van der Waals surface area contributed by atoms with E-state index in [-0.39, 0.29) is 5.91 Å². The molecule has 1 amide bonds. The van der Waals surface area contributed by atoms with Crippen LogP contribution < -0.4 is 10.2 Å². The molecule has 6 heteroatoms. The molecule has 1 N–H and O–H groups in total. The van der Waals surface area contributed by atoms with Crippen LogP contribution in [-0.2, 0) is 4.79 Å². The van der Waals surface area contributed by atoms with Crippen molar-refractivity contribution >= 4 is 11.7 Å². The number of anilines is 1. The summed E-state index contributed by atoms with van der Waals surface area (Å²) in [6, 6.07) is 5.78. The Balaban J connectivity index is 1.39. The molecule has 1 aliphatic heterocycles. The highest BCUT2D eigenvalue weighted by Gasteiger charge is 2.21. The number of piperazine rings is 1. The number of allylic oxidation sites excluding steroid dienone is 1. The van der Waals surface area contributed by atoms with Crippen LogP contribution in [0.1, 0.15) is 37.7 Å². The molecule has 3 rings (SSSR count). The lowest BCUT2D eigenvalue weighted by Crippen LogP contribution is -2.50. The Bertz CT molecular complexity index is 686. The molecule has 2 aliphatic rings. The number of rotatable bonds is 6. The molecule has 0 atom stereocenters. The van der Waals surface area contributed by atoms with Crippen LogP contribution in [0.5, 0.6) is 0 Å². The molecular weight excluding hydrogens is 326 g/mol. The van der Waals surface area contributed by atoms with Crippen LogP contribution in [0.3, 0.4) is 0 Å². The maximum atomic E-state index is 12.2. The Morgan fingerprint density at radius 1 is 1.27 bits per heavy atom. The first-order chi connectivity index (χ1) is 12.8. The minimum absolute atomic E-state index is 0.102. The van der Waals surface area contributed by atoms with Crippen LogP contribution in [0.15, 0.2) is 30.0 Å². The van der Waals surface area contributed by atoms with Crippen LogP contribution in [0.4, 0.5) is 5.82 Å². The summed E-state index contributed by atoms with van der Waals surface area (Å²) in [6.07, 6.45) is 10.0. The van der Waals surface area contributed by atoms with E-state index in [2.05, 4.69) is 32.2 Å². The molecule has 0 aromatic carbocycles. The molecule has 26 heavy (non-hydrogen) atoms. The van der Waals surface area contributed by atoms with Crippen molar-refractivity contribution in [1.29, 1.82) is 5.26 Å². The van der Waals surface area contributed by atoms with Crippen LogP contribution in [0.25, 0.3) is 0 Å². The normalized spacial score (nSPS) is 18.1. The number of carbonyl (C=O) groups excluding carboxylic acids is 1. The van der Waals surface area contributed by atoms with E-state index in [0.29, 0.717) is 12.1 Å². The lowest BCUT2D eigenvalue weighted by Gasteiger charge is -2.35. The molecule has 1 aliphatic carbocycles. The summed E-state index contributed by atoms with van der Waals surface area (Å²) in [5, 5.41) is 12.3. The van der Waals surface area contributed by atoms with E-state index >= 15 is 0 Å². The number of carbonyl (C=O) groups is 1. The number of amides is 1. The molecule has 1 aromatic rings. The fourth-order valence-electron chi connectivity index (χ4n) is 3.61. The molecule has 0 saturated carbocycles. The highest BCUT2D eigenvalue weighted by Crippen LogP contribution is 2.19. The fraction of sp³-hybridized carbons (Fsp3) is 0.550. The number of nitriles is 1. The van der Waals surface area contributed by atoms with Crippen LogP contribution >= 0.6 is 0 Å². The SMILES string of the molecule is N#Cc1cccnc1N1CCN(CC(=O)NCCC2=CCCCC2)CC1. The summed E-state index contributed by atoms with van der Waals surface area (Å²) in [4.78, 5) is 20.8. The van der Waals surface area contributed by atoms with Crippen molar-refractivity contribution in [3.63, 3.8) is 0 Å². The van der Waals surface area contributed by atoms with E-state index in [4.69, 9.17) is 0 Å². The number of hydrogen-bond acceptors (Lipinski definition) is 5. The first kappa shape index (κ1) is 18.4. The van der Waals surface area contributed by atoms with Crippen molar-refractivity contribution in [2.75, 3.05) is 44.2 Å². The topological polar surface area (TPSA) is 72.3 Å². The zero-order valence-electron chi connectivity index (χ0n) is 15.3. The third-order valence-corrected chi connectivity index (χ3v) is 5.10. The van der Waals surface area contributed by atoms with Gasteiger partial charge in [0.2, 0.25) is 5.91 Å². The quantitative estimate of drug-likeness (QED) is 0.793. The van der Waals surface area contributed by atoms with Crippen molar-refractivity contribution < 1.29 is 4.79 Å². The number of pyridine rings is 1. The van der Waals surface area contributed by atoms with Crippen molar-refractivity contribution in [2.24, 2.45) is 0 Å². The molecule has 0 bridgehead atoms. The van der Waals surface area contributed by atoms with Gasteiger partial charge in [0.1, 0.15) is 11.9 Å². The summed E-state index contributed by atoms with van der Waals surface area (Å²) in [7, 11) is 0. The minimum Gasteiger partial charge on any atom is -0.355 e. The molecule has 0 spiro atoms. The van der Waals surface area contributed by atoms with Gasteiger partial charge in [0.25, 0.3) is 0 Å². The van der Waals surface area contributed by atoms with Gasteiger partial charge in [-0.05, 0) is 44.2 Å². The largest absolute Gasteiger partial charge is 0.355 e. The van der Waals surface area contributed by atoms with Crippen molar-refractivity contribution in [3.05, 3.63) is 35.5 Å². The summed E-state index contributed by atoms with van der Waals surface area (Å²) in [5.74, 6) is 0.852. The molecule has 138 valence electrons. The first-order valence-electron chi connectivity index (χ1n) is 9.53. The molecule has 2 heterocycles. The summed E-state index contributed by atoms with van der Waals surface area (Å²) in [5.41, 5.74) is 2.10. The smallest absolute Gasteiger partial charge is 0.234 e. The second kappa shape index (κ2) is 9.35. The molecule has 6 nitrogen and oxygen atoms in total. The van der Waals surface area contributed by atoms with Gasteiger partial charge in [-0.15, -0.1) is 0 Å². The number of nitrogens with one attached hydrogen (secondary N) is 1. The second-order valence-corrected chi connectivity index (χ2v) is 6.96. The highest BCUT2D eigenvalue weighted by atomic mass is 16.2. The van der Waals surface area contributed by atoms with Crippen molar-refractivity contribution in [3.8, 4) is 6.07 Å². The third-order valence-electron chi connectivity index (χ3n) is 5.10. The zero-order valence-corrected chi connectivity index (χ0v) is 15.3. The maximum Gasteiger partial charge on any atom is 0.234 e. The zero-order chi connectivity index (χ0) is 18.2. The highest BCUT2D eigenvalue weighted by molar-refractivity contribution is 5.78. The predicted octanol–water partition coefficient (Wildman–Crippen LogP) is 2.08. The number of nitrogens with zero attached hydrogens (tertiary/aromatic N) is 4. The fourth-order valence-corrected chi connectivity index (χ4v) is 3.61. The lowest BCUT2D eigenvalue weighted by molar-refractivity contribution is -0.122. The van der Waals surface area contributed by atoms with Gasteiger partial charge < -0.3 is 10.2 Å². The third kappa shape index (κ3) is 5.06. The lowest BCUT2D eigenvalue weighted by atomic mass is 9.97. The molecule has 0 radical (unpaired) electrons. The number of aromatic nitrogens is 1. The molecule has 1 saturated heterocycles. The van der Waals surface area contributed by atoms with Gasteiger partial charge >= 0.3 is 0 Å². The van der Waals surface area contributed by atoms with Gasteiger partial charge in [-0.3, -0.25) is 9.69 Å². The summed E-state index contributed by atoms with van der Waals surface area (Å²) in [6.45, 7) is 4.36. The second-order valence-electron chi connectivity index (χ2n) is 6.96. The first-order valence-corrected chi connectivity index (χ1v) is 9.53. The van der Waals surface area contributed by atoms with Crippen LogP contribution in [0.2, 0.25) is 0 Å². The van der Waals surface area contributed by atoms with Crippen LogP contribution in [-0.4, -0.2) is 55.1 Å². The molecule has 1 aromatic heterocycles. The Labute approximate surface area is 155 Å². The van der Waals surface area contributed by atoms with Gasteiger partial charge in [0, 0.05) is 38.9 Å². The average Bonchev–Trinajstić information content (AvgIpc) is 2.69. The monoisotopic (exact) mass is 353 g/mol. The molecule has 1 fully saturated rings. The molecule has 0 unspecified atom stereocenters. The maximum absolute atomic E-state index is 12.2. The Hall–Kier alpha value is -2.39. The van der Waals surface area contributed by atoms with Crippen molar-refractivity contribution in [2.45, 2.75) is 32.1 Å². The van der Waals surface area contributed by atoms with Gasteiger partial charge in [-0.25, -0.2) is 4.98 Å². The van der Waals surface area contributed by atoms with E-state index < -0.39 is 0 Å². The van der Waals surface area contributed by atoms with E-state index in [1.54, 1.807) is 18.3 Å². The standard InChI is InChI=1S/C20H27N5O/c21-15-18-7-4-9-23-20(18)25-13-11-24(12-14-25)16-19(26)22-10-8-17-5-2-1-3-6-17/h4-5,7,9H,1-3,6,8,10-14,16H2,(H,22,26). The Morgan fingerprint density at radius 2 is 2.12 bits per heavy atom. The number of hydrogen-bond donors (Lipinski definition) is 1.